The first-order chi connectivity index (χ1) is 13.3. The molecule has 4 nitrogen and oxygen atoms in total. The summed E-state index contributed by atoms with van der Waals surface area (Å²) in [6, 6.07) is 24.2. The third-order valence-corrected chi connectivity index (χ3v) is 4.60. The molecule has 1 amide bonds. The van der Waals surface area contributed by atoms with Gasteiger partial charge in [-0.2, -0.15) is 0 Å². The van der Waals surface area contributed by atoms with E-state index in [9.17, 15) is 4.79 Å². The first kappa shape index (κ1) is 17.2. The molecule has 3 aromatic carbocycles. The minimum absolute atomic E-state index is 0.0307. The molecule has 0 atom stereocenters. The van der Waals surface area contributed by atoms with E-state index in [0.717, 1.165) is 34.6 Å². The summed E-state index contributed by atoms with van der Waals surface area (Å²) in [5, 5.41) is 2.98. The predicted octanol–water partition coefficient (Wildman–Crippen LogP) is 3.98. The highest BCUT2D eigenvalue weighted by molar-refractivity contribution is 5.78. The first-order valence-corrected chi connectivity index (χ1v) is 9.07. The Hall–Kier alpha value is -3.27. The van der Waals surface area contributed by atoms with E-state index in [2.05, 4.69) is 29.6 Å². The van der Waals surface area contributed by atoms with Crippen LogP contribution in [0, 0.1) is 0 Å². The van der Waals surface area contributed by atoms with Crippen LogP contribution in [0.5, 0.6) is 11.5 Å². The third-order valence-electron chi connectivity index (χ3n) is 4.60. The van der Waals surface area contributed by atoms with Gasteiger partial charge in [0, 0.05) is 6.54 Å². The molecule has 1 heterocycles. The van der Waals surface area contributed by atoms with Crippen LogP contribution in [-0.2, 0) is 17.6 Å². The molecule has 0 aromatic heterocycles. The molecule has 0 saturated carbocycles. The summed E-state index contributed by atoms with van der Waals surface area (Å²) >= 11 is 0. The zero-order chi connectivity index (χ0) is 18.5. The predicted molar refractivity (Wildman–Crippen MR) is 105 cm³/mol. The van der Waals surface area contributed by atoms with Crippen LogP contribution >= 0.6 is 0 Å². The maximum Gasteiger partial charge on any atom is 0.231 e. The second-order valence-corrected chi connectivity index (χ2v) is 6.53. The maximum atomic E-state index is 12.2. The molecule has 0 unspecified atom stereocenters. The van der Waals surface area contributed by atoms with Gasteiger partial charge < -0.3 is 14.8 Å². The molecule has 0 aliphatic carbocycles. The fourth-order valence-corrected chi connectivity index (χ4v) is 3.14. The van der Waals surface area contributed by atoms with Crippen LogP contribution in [0.1, 0.15) is 11.1 Å². The molecule has 1 aliphatic rings. The van der Waals surface area contributed by atoms with Crippen LogP contribution in [0.4, 0.5) is 0 Å². The van der Waals surface area contributed by atoms with Crippen molar-refractivity contribution in [1.29, 1.82) is 0 Å². The van der Waals surface area contributed by atoms with Crippen molar-refractivity contribution in [2.75, 3.05) is 13.3 Å². The standard InChI is InChI=1S/C23H21NO3/c25-23(24-13-12-18-8-11-21-22(14-18)27-16-26-21)15-17-6-9-20(10-7-17)19-4-2-1-3-5-19/h1-11,14H,12-13,15-16H2,(H,24,25). The average molecular weight is 359 g/mol. The van der Waals surface area contributed by atoms with Crippen LogP contribution in [-0.4, -0.2) is 19.2 Å². The lowest BCUT2D eigenvalue weighted by atomic mass is 10.0. The van der Waals surface area contributed by atoms with Gasteiger partial charge in [-0.25, -0.2) is 0 Å². The number of rotatable bonds is 6. The van der Waals surface area contributed by atoms with Crippen LogP contribution in [0.2, 0.25) is 0 Å². The number of benzene rings is 3. The zero-order valence-electron chi connectivity index (χ0n) is 15.0. The van der Waals surface area contributed by atoms with Crippen molar-refractivity contribution in [2.45, 2.75) is 12.8 Å². The van der Waals surface area contributed by atoms with Gasteiger partial charge in [-0.15, -0.1) is 0 Å². The maximum absolute atomic E-state index is 12.2. The lowest BCUT2D eigenvalue weighted by Gasteiger charge is -2.07. The number of nitrogens with one attached hydrogen (secondary N) is 1. The van der Waals surface area contributed by atoms with Gasteiger partial charge in [-0.05, 0) is 40.8 Å². The van der Waals surface area contributed by atoms with Crippen molar-refractivity contribution < 1.29 is 14.3 Å². The number of amides is 1. The summed E-state index contributed by atoms with van der Waals surface area (Å²) in [7, 11) is 0. The van der Waals surface area contributed by atoms with Gasteiger partial charge in [0.2, 0.25) is 12.7 Å². The minimum atomic E-state index is 0.0307. The molecule has 0 fully saturated rings. The van der Waals surface area contributed by atoms with Crippen LogP contribution in [0.15, 0.2) is 72.8 Å². The van der Waals surface area contributed by atoms with Gasteiger partial charge in [-0.3, -0.25) is 4.79 Å². The fraction of sp³-hybridized carbons (Fsp3) is 0.174. The van der Waals surface area contributed by atoms with E-state index in [1.165, 1.54) is 5.56 Å². The molecule has 0 bridgehead atoms. The highest BCUT2D eigenvalue weighted by Gasteiger charge is 2.13. The quantitative estimate of drug-likeness (QED) is 0.724. The molecule has 136 valence electrons. The van der Waals surface area contributed by atoms with Crippen LogP contribution in [0.25, 0.3) is 11.1 Å². The van der Waals surface area contributed by atoms with E-state index in [1.807, 2.05) is 48.5 Å². The van der Waals surface area contributed by atoms with Crippen LogP contribution in [0.3, 0.4) is 0 Å². The molecule has 0 saturated heterocycles. The highest BCUT2D eigenvalue weighted by Crippen LogP contribution is 2.32. The van der Waals surface area contributed by atoms with Crippen molar-refractivity contribution in [2.24, 2.45) is 0 Å². The molecule has 1 N–H and O–H groups in total. The van der Waals surface area contributed by atoms with Gasteiger partial charge in [0.25, 0.3) is 0 Å². The summed E-state index contributed by atoms with van der Waals surface area (Å²) in [5.41, 5.74) is 4.46. The van der Waals surface area contributed by atoms with E-state index in [4.69, 9.17) is 9.47 Å². The Morgan fingerprint density at radius 3 is 2.33 bits per heavy atom. The van der Waals surface area contributed by atoms with E-state index < -0.39 is 0 Å². The fourth-order valence-electron chi connectivity index (χ4n) is 3.14. The summed E-state index contributed by atoms with van der Waals surface area (Å²) < 4.78 is 10.7. The number of ether oxygens (including phenoxy) is 2. The summed E-state index contributed by atoms with van der Waals surface area (Å²) in [4.78, 5) is 12.2. The van der Waals surface area contributed by atoms with Crippen molar-refractivity contribution in [3.63, 3.8) is 0 Å². The third kappa shape index (κ3) is 4.29. The summed E-state index contributed by atoms with van der Waals surface area (Å²) in [6.07, 6.45) is 1.14. The van der Waals surface area contributed by atoms with Crippen molar-refractivity contribution >= 4 is 5.91 Å². The van der Waals surface area contributed by atoms with Crippen molar-refractivity contribution in [3.05, 3.63) is 83.9 Å². The topological polar surface area (TPSA) is 47.6 Å². The normalized spacial score (nSPS) is 12.0. The molecule has 4 heteroatoms. The van der Waals surface area contributed by atoms with Gasteiger partial charge in [-0.1, -0.05) is 60.7 Å². The zero-order valence-corrected chi connectivity index (χ0v) is 15.0. The number of carbonyl (C=O) groups is 1. The number of hydrogen-bond acceptors (Lipinski definition) is 3. The average Bonchev–Trinajstić information content (AvgIpc) is 3.17. The second kappa shape index (κ2) is 7.96. The Morgan fingerprint density at radius 2 is 1.52 bits per heavy atom. The van der Waals surface area contributed by atoms with E-state index in [-0.39, 0.29) is 12.7 Å². The monoisotopic (exact) mass is 359 g/mol. The molecular formula is C23H21NO3. The molecule has 1 aliphatic heterocycles. The Morgan fingerprint density at radius 1 is 0.815 bits per heavy atom. The van der Waals surface area contributed by atoms with Gasteiger partial charge >= 0.3 is 0 Å². The van der Waals surface area contributed by atoms with Crippen LogP contribution < -0.4 is 14.8 Å². The SMILES string of the molecule is O=C(Cc1ccc(-c2ccccc2)cc1)NCCc1ccc2c(c1)OCO2. The van der Waals surface area contributed by atoms with Gasteiger partial charge in [0.1, 0.15) is 0 Å². The molecular weight excluding hydrogens is 338 g/mol. The van der Waals surface area contributed by atoms with Crippen molar-refractivity contribution in [3.8, 4) is 22.6 Å². The number of fused-ring (bicyclic) bond motifs is 1. The van der Waals surface area contributed by atoms with Gasteiger partial charge in [0.15, 0.2) is 11.5 Å². The molecule has 0 radical (unpaired) electrons. The first-order valence-electron chi connectivity index (χ1n) is 9.07. The Labute approximate surface area is 158 Å². The second-order valence-electron chi connectivity index (χ2n) is 6.53. The Kier molecular flexibility index (Phi) is 5.06. The minimum Gasteiger partial charge on any atom is -0.454 e. The van der Waals surface area contributed by atoms with Crippen molar-refractivity contribution in [1.82, 2.24) is 5.32 Å². The largest absolute Gasteiger partial charge is 0.454 e. The lowest BCUT2D eigenvalue weighted by molar-refractivity contribution is -0.120. The summed E-state index contributed by atoms with van der Waals surface area (Å²) in [5.74, 6) is 1.59. The highest BCUT2D eigenvalue weighted by atomic mass is 16.7. The number of hydrogen-bond donors (Lipinski definition) is 1. The molecule has 3 aromatic rings. The number of carbonyl (C=O) groups excluding carboxylic acids is 1. The van der Waals surface area contributed by atoms with Gasteiger partial charge in [0.05, 0.1) is 6.42 Å². The van der Waals surface area contributed by atoms with E-state index >= 15 is 0 Å². The summed E-state index contributed by atoms with van der Waals surface area (Å²) in [6.45, 7) is 0.874. The van der Waals surface area contributed by atoms with E-state index in [1.54, 1.807) is 0 Å². The Balaban J connectivity index is 1.27. The molecule has 0 spiro atoms. The lowest BCUT2D eigenvalue weighted by Crippen LogP contribution is -2.27. The van der Waals surface area contributed by atoms with E-state index in [0.29, 0.717) is 13.0 Å². The smallest absolute Gasteiger partial charge is 0.231 e. The molecule has 27 heavy (non-hydrogen) atoms. The molecule has 4 rings (SSSR count). The Bertz CT molecular complexity index is 920.